The second-order valence-corrected chi connectivity index (χ2v) is 5.93. The van der Waals surface area contributed by atoms with E-state index >= 15 is 0 Å². The molecule has 1 aliphatic rings. The fraction of sp³-hybridized carbons (Fsp3) is 0.647. The van der Waals surface area contributed by atoms with Crippen molar-refractivity contribution in [2.24, 2.45) is 11.7 Å². The summed E-state index contributed by atoms with van der Waals surface area (Å²) >= 11 is 0. The minimum absolute atomic E-state index is 0.689. The molecule has 2 N–H and O–H groups in total. The molecule has 0 spiro atoms. The zero-order valence-electron chi connectivity index (χ0n) is 11.9. The Morgan fingerprint density at radius 3 is 2.44 bits per heavy atom. The third kappa shape index (κ3) is 3.14. The molecule has 1 aliphatic carbocycles. The van der Waals surface area contributed by atoms with E-state index in [4.69, 9.17) is 5.73 Å². The van der Waals surface area contributed by atoms with Crippen LogP contribution in [0.4, 0.5) is 0 Å². The molecule has 1 heteroatoms. The molecular formula is C17H27N. The quantitative estimate of drug-likeness (QED) is 0.840. The average Bonchev–Trinajstić information content (AvgIpc) is 2.40. The van der Waals surface area contributed by atoms with E-state index in [2.05, 4.69) is 32.0 Å². The Labute approximate surface area is 112 Å². The van der Waals surface area contributed by atoms with Crippen LogP contribution in [0.25, 0.3) is 0 Å². The van der Waals surface area contributed by atoms with Crippen LogP contribution in [0.2, 0.25) is 0 Å². The molecule has 18 heavy (non-hydrogen) atoms. The molecule has 0 radical (unpaired) electrons. The van der Waals surface area contributed by atoms with E-state index < -0.39 is 0 Å². The van der Waals surface area contributed by atoms with Gasteiger partial charge in [0.2, 0.25) is 0 Å². The van der Waals surface area contributed by atoms with Crippen LogP contribution in [0.3, 0.4) is 0 Å². The zero-order chi connectivity index (χ0) is 13.0. The summed E-state index contributed by atoms with van der Waals surface area (Å²) in [5.41, 5.74) is 10.2. The van der Waals surface area contributed by atoms with Crippen molar-refractivity contribution in [2.45, 2.75) is 58.3 Å². The highest BCUT2D eigenvalue weighted by molar-refractivity contribution is 5.32. The van der Waals surface area contributed by atoms with Gasteiger partial charge in [0.05, 0.1) is 0 Å². The Hall–Kier alpha value is -0.820. The second kappa shape index (κ2) is 6.38. The molecule has 1 nitrogen and oxygen atoms in total. The van der Waals surface area contributed by atoms with Crippen molar-refractivity contribution in [3.63, 3.8) is 0 Å². The Kier molecular flexibility index (Phi) is 4.82. The standard InChI is InChI=1S/C17H27N/c1-13-8-9-16(12-14(13)2)17(10-11-18)15-6-4-3-5-7-15/h8-9,12,15,17H,3-7,10-11,18H2,1-2H3. The molecule has 1 fully saturated rings. The zero-order valence-corrected chi connectivity index (χ0v) is 11.9. The highest BCUT2D eigenvalue weighted by atomic mass is 14.5. The monoisotopic (exact) mass is 245 g/mol. The lowest BCUT2D eigenvalue weighted by atomic mass is 9.75. The van der Waals surface area contributed by atoms with Gasteiger partial charge in [-0.1, -0.05) is 37.5 Å². The van der Waals surface area contributed by atoms with E-state index in [1.165, 1.54) is 48.8 Å². The van der Waals surface area contributed by atoms with Gasteiger partial charge in [0.15, 0.2) is 0 Å². The summed E-state index contributed by atoms with van der Waals surface area (Å²) in [7, 11) is 0. The predicted molar refractivity (Wildman–Crippen MR) is 78.9 cm³/mol. The smallest absolute Gasteiger partial charge is 0.00713 e. The molecule has 1 aromatic rings. The number of hydrogen-bond donors (Lipinski definition) is 1. The molecule has 2 rings (SSSR count). The van der Waals surface area contributed by atoms with Gasteiger partial charge in [0, 0.05) is 0 Å². The molecule has 0 bridgehead atoms. The van der Waals surface area contributed by atoms with E-state index in [9.17, 15) is 0 Å². The average molecular weight is 245 g/mol. The van der Waals surface area contributed by atoms with Gasteiger partial charge in [-0.2, -0.15) is 0 Å². The highest BCUT2D eigenvalue weighted by Crippen LogP contribution is 2.38. The van der Waals surface area contributed by atoms with Crippen LogP contribution in [0.15, 0.2) is 18.2 Å². The molecule has 0 aliphatic heterocycles. The van der Waals surface area contributed by atoms with Crippen molar-refractivity contribution < 1.29 is 0 Å². The predicted octanol–water partition coefficient (Wildman–Crippen LogP) is 4.32. The van der Waals surface area contributed by atoms with Gasteiger partial charge >= 0.3 is 0 Å². The van der Waals surface area contributed by atoms with Crippen molar-refractivity contribution in [3.05, 3.63) is 34.9 Å². The first-order valence-electron chi connectivity index (χ1n) is 7.49. The van der Waals surface area contributed by atoms with Gasteiger partial charge in [-0.05, 0) is 68.2 Å². The molecule has 1 atom stereocenters. The number of nitrogens with two attached hydrogens (primary N) is 1. The van der Waals surface area contributed by atoms with E-state index in [0.29, 0.717) is 5.92 Å². The largest absolute Gasteiger partial charge is 0.330 e. The van der Waals surface area contributed by atoms with Crippen LogP contribution in [0, 0.1) is 19.8 Å². The maximum Gasteiger partial charge on any atom is -0.00713 e. The number of rotatable bonds is 4. The van der Waals surface area contributed by atoms with Crippen molar-refractivity contribution in [2.75, 3.05) is 6.54 Å². The van der Waals surface area contributed by atoms with Gasteiger partial charge in [-0.15, -0.1) is 0 Å². The minimum atomic E-state index is 0.689. The summed E-state index contributed by atoms with van der Waals surface area (Å²) in [6.45, 7) is 5.23. The van der Waals surface area contributed by atoms with E-state index in [1.807, 2.05) is 0 Å². The van der Waals surface area contributed by atoms with Gasteiger partial charge in [-0.3, -0.25) is 0 Å². The van der Waals surface area contributed by atoms with Crippen LogP contribution in [-0.4, -0.2) is 6.54 Å². The van der Waals surface area contributed by atoms with Crippen LogP contribution in [0.1, 0.15) is 61.1 Å². The number of benzene rings is 1. The molecule has 0 saturated heterocycles. The highest BCUT2D eigenvalue weighted by Gasteiger charge is 2.24. The Balaban J connectivity index is 2.19. The van der Waals surface area contributed by atoms with Crippen LogP contribution >= 0.6 is 0 Å². The molecule has 1 unspecified atom stereocenters. The van der Waals surface area contributed by atoms with Crippen molar-refractivity contribution >= 4 is 0 Å². The van der Waals surface area contributed by atoms with E-state index in [0.717, 1.165) is 18.9 Å². The molecule has 0 heterocycles. The molecule has 100 valence electrons. The van der Waals surface area contributed by atoms with E-state index in [1.54, 1.807) is 0 Å². The van der Waals surface area contributed by atoms with E-state index in [-0.39, 0.29) is 0 Å². The second-order valence-electron chi connectivity index (χ2n) is 5.93. The maximum absolute atomic E-state index is 5.84. The normalized spacial score (nSPS) is 18.8. The lowest BCUT2D eigenvalue weighted by Gasteiger charge is -2.31. The lowest BCUT2D eigenvalue weighted by molar-refractivity contribution is 0.296. The molecular weight excluding hydrogens is 218 g/mol. The Bertz CT molecular complexity index is 377. The number of aryl methyl sites for hydroxylation is 2. The van der Waals surface area contributed by atoms with Crippen molar-refractivity contribution in [1.82, 2.24) is 0 Å². The topological polar surface area (TPSA) is 26.0 Å². The van der Waals surface area contributed by atoms with Crippen LogP contribution in [0.5, 0.6) is 0 Å². The van der Waals surface area contributed by atoms with Gasteiger partial charge in [-0.25, -0.2) is 0 Å². The van der Waals surface area contributed by atoms with Crippen molar-refractivity contribution in [3.8, 4) is 0 Å². The summed E-state index contributed by atoms with van der Waals surface area (Å²) in [4.78, 5) is 0. The molecule has 0 amide bonds. The fourth-order valence-electron chi connectivity index (χ4n) is 3.39. The number of hydrogen-bond acceptors (Lipinski definition) is 1. The van der Waals surface area contributed by atoms with Crippen molar-refractivity contribution in [1.29, 1.82) is 0 Å². The van der Waals surface area contributed by atoms with Gasteiger partial charge in [0.1, 0.15) is 0 Å². The summed E-state index contributed by atoms with van der Waals surface area (Å²) in [5, 5.41) is 0. The van der Waals surface area contributed by atoms with Gasteiger partial charge < -0.3 is 5.73 Å². The minimum Gasteiger partial charge on any atom is -0.330 e. The lowest BCUT2D eigenvalue weighted by Crippen LogP contribution is -2.19. The first-order chi connectivity index (χ1) is 8.72. The summed E-state index contributed by atoms with van der Waals surface area (Å²) in [6, 6.07) is 7.00. The molecule has 1 aromatic carbocycles. The summed E-state index contributed by atoms with van der Waals surface area (Å²) < 4.78 is 0. The summed E-state index contributed by atoms with van der Waals surface area (Å²) in [5.74, 6) is 1.55. The third-order valence-corrected chi connectivity index (χ3v) is 4.66. The Morgan fingerprint density at radius 1 is 1.11 bits per heavy atom. The molecule has 0 aromatic heterocycles. The summed E-state index contributed by atoms with van der Waals surface area (Å²) in [6.07, 6.45) is 8.20. The third-order valence-electron chi connectivity index (χ3n) is 4.66. The fourth-order valence-corrected chi connectivity index (χ4v) is 3.39. The maximum atomic E-state index is 5.84. The van der Waals surface area contributed by atoms with Gasteiger partial charge in [0.25, 0.3) is 0 Å². The van der Waals surface area contributed by atoms with Crippen LogP contribution < -0.4 is 5.73 Å². The molecule has 1 saturated carbocycles. The van der Waals surface area contributed by atoms with Crippen LogP contribution in [-0.2, 0) is 0 Å². The first-order valence-corrected chi connectivity index (χ1v) is 7.49. The first kappa shape index (κ1) is 13.6. The SMILES string of the molecule is Cc1ccc(C(CCN)C2CCCCC2)cc1C. The Morgan fingerprint density at radius 2 is 1.83 bits per heavy atom.